The van der Waals surface area contributed by atoms with Crippen LogP contribution in [0.1, 0.15) is 30.9 Å². The molecular weight excluding hydrogens is 260 g/mol. The zero-order chi connectivity index (χ0) is 13.2. The summed E-state index contributed by atoms with van der Waals surface area (Å²) in [5.74, 6) is 0.819. The van der Waals surface area contributed by atoms with Crippen molar-refractivity contribution in [3.8, 4) is 5.75 Å². The minimum Gasteiger partial charge on any atom is -0.486 e. The standard InChI is InChI=1S/C15H21ClN2O/c1-18-9-12(10-18)19-15-6-5-11(8-13(15)16)14-4-2-3-7-17-14/h5-6,8,12,14,17H,2-4,7,9-10H2,1H3. The summed E-state index contributed by atoms with van der Waals surface area (Å²) in [7, 11) is 2.10. The van der Waals surface area contributed by atoms with Gasteiger partial charge in [-0.15, -0.1) is 0 Å². The molecule has 2 aliphatic heterocycles. The summed E-state index contributed by atoms with van der Waals surface area (Å²) in [4.78, 5) is 2.24. The Morgan fingerprint density at radius 2 is 2.16 bits per heavy atom. The number of ether oxygens (including phenoxy) is 1. The largest absolute Gasteiger partial charge is 0.486 e. The van der Waals surface area contributed by atoms with E-state index in [0.717, 1.165) is 30.4 Å². The third-order valence-corrected chi connectivity index (χ3v) is 4.29. The molecule has 0 aliphatic carbocycles. The van der Waals surface area contributed by atoms with E-state index < -0.39 is 0 Å². The first-order chi connectivity index (χ1) is 9.22. The van der Waals surface area contributed by atoms with Crippen molar-refractivity contribution in [2.45, 2.75) is 31.4 Å². The van der Waals surface area contributed by atoms with Crippen LogP contribution in [-0.2, 0) is 0 Å². The van der Waals surface area contributed by atoms with Crippen LogP contribution in [0.2, 0.25) is 5.02 Å². The van der Waals surface area contributed by atoms with Gasteiger partial charge >= 0.3 is 0 Å². The Labute approximate surface area is 119 Å². The first kappa shape index (κ1) is 13.2. The molecule has 1 unspecified atom stereocenters. The van der Waals surface area contributed by atoms with Gasteiger partial charge in [0, 0.05) is 19.1 Å². The Bertz CT molecular complexity index is 440. The Morgan fingerprint density at radius 3 is 2.79 bits per heavy atom. The number of hydrogen-bond donors (Lipinski definition) is 1. The summed E-state index contributed by atoms with van der Waals surface area (Å²) < 4.78 is 5.90. The van der Waals surface area contributed by atoms with Crippen LogP contribution in [-0.4, -0.2) is 37.7 Å². The normalized spacial score (nSPS) is 25.1. The van der Waals surface area contributed by atoms with Crippen LogP contribution in [0.15, 0.2) is 18.2 Å². The van der Waals surface area contributed by atoms with Crippen LogP contribution >= 0.6 is 11.6 Å². The molecular formula is C15H21ClN2O. The van der Waals surface area contributed by atoms with Crippen LogP contribution in [0, 0.1) is 0 Å². The summed E-state index contributed by atoms with van der Waals surface area (Å²) >= 11 is 6.34. The molecule has 1 N–H and O–H groups in total. The number of nitrogens with zero attached hydrogens (tertiary/aromatic N) is 1. The van der Waals surface area contributed by atoms with Gasteiger partial charge in [0.25, 0.3) is 0 Å². The molecule has 1 aromatic carbocycles. The average molecular weight is 281 g/mol. The SMILES string of the molecule is CN1CC(Oc2ccc(C3CCCCN3)cc2Cl)C1. The summed E-state index contributed by atoms with van der Waals surface area (Å²) in [6.45, 7) is 3.08. The molecule has 2 fully saturated rings. The molecule has 2 saturated heterocycles. The van der Waals surface area contributed by atoms with E-state index in [0.29, 0.717) is 12.1 Å². The Kier molecular flexibility index (Phi) is 3.96. The summed E-state index contributed by atoms with van der Waals surface area (Å²) in [6.07, 6.45) is 4.06. The lowest BCUT2D eigenvalue weighted by Crippen LogP contribution is -2.51. The van der Waals surface area contributed by atoms with Crippen LogP contribution in [0.5, 0.6) is 5.75 Å². The van der Waals surface area contributed by atoms with Gasteiger partial charge < -0.3 is 10.1 Å². The predicted octanol–water partition coefficient (Wildman–Crippen LogP) is 2.85. The minimum absolute atomic E-state index is 0.293. The lowest BCUT2D eigenvalue weighted by Gasteiger charge is -2.36. The van der Waals surface area contributed by atoms with E-state index in [1.165, 1.54) is 24.8 Å². The van der Waals surface area contributed by atoms with E-state index in [1.54, 1.807) is 0 Å². The van der Waals surface area contributed by atoms with Crippen molar-refractivity contribution in [3.05, 3.63) is 28.8 Å². The van der Waals surface area contributed by atoms with Crippen molar-refractivity contribution in [1.29, 1.82) is 0 Å². The van der Waals surface area contributed by atoms with Crippen molar-refractivity contribution >= 4 is 11.6 Å². The van der Waals surface area contributed by atoms with Gasteiger partial charge in [0.15, 0.2) is 0 Å². The van der Waals surface area contributed by atoms with E-state index in [1.807, 2.05) is 6.07 Å². The Morgan fingerprint density at radius 1 is 1.32 bits per heavy atom. The van der Waals surface area contributed by atoms with Gasteiger partial charge in [0.1, 0.15) is 11.9 Å². The molecule has 0 amide bonds. The zero-order valence-corrected chi connectivity index (χ0v) is 12.1. The van der Waals surface area contributed by atoms with Crippen molar-refractivity contribution in [2.24, 2.45) is 0 Å². The quantitative estimate of drug-likeness (QED) is 0.921. The fourth-order valence-corrected chi connectivity index (χ4v) is 3.10. The van der Waals surface area contributed by atoms with E-state index in [-0.39, 0.29) is 0 Å². The van der Waals surface area contributed by atoms with Gasteiger partial charge in [-0.1, -0.05) is 24.1 Å². The number of likely N-dealkylation sites (tertiary alicyclic amines) is 1. The molecule has 2 heterocycles. The maximum Gasteiger partial charge on any atom is 0.138 e. The van der Waals surface area contributed by atoms with E-state index in [4.69, 9.17) is 16.3 Å². The number of benzene rings is 1. The van der Waals surface area contributed by atoms with Gasteiger partial charge in [-0.2, -0.15) is 0 Å². The molecule has 0 bridgehead atoms. The molecule has 19 heavy (non-hydrogen) atoms. The smallest absolute Gasteiger partial charge is 0.138 e. The van der Waals surface area contributed by atoms with Gasteiger partial charge in [0.05, 0.1) is 5.02 Å². The summed E-state index contributed by atoms with van der Waals surface area (Å²) in [5, 5.41) is 4.28. The molecule has 0 radical (unpaired) electrons. The molecule has 1 atom stereocenters. The van der Waals surface area contributed by atoms with E-state index in [2.05, 4.69) is 29.4 Å². The first-order valence-electron chi connectivity index (χ1n) is 7.10. The molecule has 0 saturated carbocycles. The average Bonchev–Trinajstić information content (AvgIpc) is 2.40. The highest BCUT2D eigenvalue weighted by Gasteiger charge is 2.25. The highest BCUT2D eigenvalue weighted by atomic mass is 35.5. The van der Waals surface area contributed by atoms with E-state index in [9.17, 15) is 0 Å². The van der Waals surface area contributed by atoms with Crippen LogP contribution < -0.4 is 10.1 Å². The van der Waals surface area contributed by atoms with Crippen molar-refractivity contribution < 1.29 is 4.74 Å². The molecule has 1 aromatic rings. The fraction of sp³-hybridized carbons (Fsp3) is 0.600. The number of rotatable bonds is 3. The highest BCUT2D eigenvalue weighted by molar-refractivity contribution is 6.32. The number of nitrogens with one attached hydrogen (secondary N) is 1. The molecule has 3 rings (SSSR count). The Balaban J connectivity index is 1.66. The third kappa shape index (κ3) is 3.04. The second-order valence-electron chi connectivity index (χ2n) is 5.65. The fourth-order valence-electron chi connectivity index (χ4n) is 2.86. The molecule has 0 aromatic heterocycles. The van der Waals surface area contributed by atoms with Gasteiger partial charge in [0.2, 0.25) is 0 Å². The van der Waals surface area contributed by atoms with Crippen molar-refractivity contribution in [1.82, 2.24) is 10.2 Å². The molecule has 104 valence electrons. The van der Waals surface area contributed by atoms with Gasteiger partial charge in [-0.3, -0.25) is 4.90 Å². The monoisotopic (exact) mass is 280 g/mol. The van der Waals surface area contributed by atoms with E-state index >= 15 is 0 Å². The van der Waals surface area contributed by atoms with Gasteiger partial charge in [-0.25, -0.2) is 0 Å². The van der Waals surface area contributed by atoms with Crippen LogP contribution in [0.3, 0.4) is 0 Å². The number of likely N-dealkylation sites (N-methyl/N-ethyl adjacent to an activating group) is 1. The number of piperidine rings is 1. The van der Waals surface area contributed by atoms with Crippen LogP contribution in [0.4, 0.5) is 0 Å². The summed E-state index contributed by atoms with van der Waals surface area (Å²) in [6, 6.07) is 6.68. The predicted molar refractivity (Wildman–Crippen MR) is 78.0 cm³/mol. The number of halogens is 1. The maximum absolute atomic E-state index is 6.34. The molecule has 4 heteroatoms. The van der Waals surface area contributed by atoms with Crippen molar-refractivity contribution in [2.75, 3.05) is 26.7 Å². The molecule has 3 nitrogen and oxygen atoms in total. The second-order valence-corrected chi connectivity index (χ2v) is 6.06. The third-order valence-electron chi connectivity index (χ3n) is 3.99. The van der Waals surface area contributed by atoms with Crippen LogP contribution in [0.25, 0.3) is 0 Å². The Hall–Kier alpha value is -0.770. The second kappa shape index (κ2) is 5.70. The lowest BCUT2D eigenvalue weighted by atomic mass is 9.97. The van der Waals surface area contributed by atoms with Crippen molar-refractivity contribution in [3.63, 3.8) is 0 Å². The molecule has 2 aliphatic rings. The van der Waals surface area contributed by atoms with Gasteiger partial charge in [-0.05, 0) is 44.1 Å². The number of hydrogen-bond acceptors (Lipinski definition) is 3. The highest BCUT2D eigenvalue weighted by Crippen LogP contribution is 2.32. The summed E-state index contributed by atoms with van der Waals surface area (Å²) in [5.41, 5.74) is 1.28. The maximum atomic E-state index is 6.34. The molecule has 0 spiro atoms. The zero-order valence-electron chi connectivity index (χ0n) is 11.4. The minimum atomic E-state index is 0.293. The first-order valence-corrected chi connectivity index (χ1v) is 7.48. The topological polar surface area (TPSA) is 24.5 Å². The lowest BCUT2D eigenvalue weighted by molar-refractivity contribution is 0.0389.